The van der Waals surface area contributed by atoms with Gasteiger partial charge < -0.3 is 15.6 Å². The number of alkyl halides is 3. The highest BCUT2D eigenvalue weighted by molar-refractivity contribution is 6.64. The van der Waals surface area contributed by atoms with E-state index in [4.69, 9.17) is 17.0 Å². The van der Waals surface area contributed by atoms with Gasteiger partial charge in [-0.25, -0.2) is 4.99 Å². The normalized spacial score (nSPS) is 18.4. The minimum absolute atomic E-state index is 0.233. The first-order valence-electron chi connectivity index (χ1n) is 8.91. The van der Waals surface area contributed by atoms with E-state index in [0.29, 0.717) is 41.8 Å². The van der Waals surface area contributed by atoms with Gasteiger partial charge in [0.05, 0.1) is 6.10 Å². The van der Waals surface area contributed by atoms with E-state index in [-0.39, 0.29) is 12.8 Å². The highest BCUT2D eigenvalue weighted by Gasteiger charge is 2.35. The Balaban J connectivity index is 3.12. The third kappa shape index (κ3) is 8.34. The maximum Gasteiger partial charge on any atom is 0.522 e. The maximum absolute atomic E-state index is 12.4. The van der Waals surface area contributed by atoms with E-state index in [1.807, 2.05) is 25.1 Å². The first-order valence-corrected chi connectivity index (χ1v) is 9.29. The topological polar surface area (TPSA) is 60.7 Å². The molecular weight excluding hydrogens is 381 g/mol. The Morgan fingerprint density at radius 3 is 2.33 bits per heavy atom. The average Bonchev–Trinajstić information content (AvgIpc) is 2.55. The van der Waals surface area contributed by atoms with Crippen molar-refractivity contribution in [2.45, 2.75) is 58.9 Å². The first-order chi connectivity index (χ1) is 12.6. The lowest BCUT2D eigenvalue weighted by molar-refractivity contribution is -0.345. The fourth-order valence-corrected chi connectivity index (χ4v) is 3.02. The van der Waals surface area contributed by atoms with E-state index >= 15 is 0 Å². The number of allylic oxidation sites excluding steroid dienone is 2. The van der Waals surface area contributed by atoms with Gasteiger partial charge >= 0.3 is 6.36 Å². The Labute approximate surface area is 163 Å². The van der Waals surface area contributed by atoms with Gasteiger partial charge in [0.25, 0.3) is 0 Å². The van der Waals surface area contributed by atoms with Crippen LogP contribution in [0.1, 0.15) is 46.5 Å². The average molecular weight is 409 g/mol. The van der Waals surface area contributed by atoms with Crippen molar-refractivity contribution in [2.75, 3.05) is 20.1 Å². The molecule has 5 nitrogen and oxygen atoms in total. The van der Waals surface area contributed by atoms with Crippen molar-refractivity contribution in [2.24, 2.45) is 4.99 Å². The molecule has 0 saturated carbocycles. The molecule has 1 saturated heterocycles. The van der Waals surface area contributed by atoms with Gasteiger partial charge in [-0.2, -0.15) is 0 Å². The van der Waals surface area contributed by atoms with Gasteiger partial charge in [-0.05, 0) is 39.3 Å². The van der Waals surface area contributed by atoms with Crippen LogP contribution in [0.4, 0.5) is 13.2 Å². The Bertz CT molecular complexity index is 602. The monoisotopic (exact) mass is 408 g/mol. The number of rotatable bonds is 8. The van der Waals surface area contributed by atoms with E-state index in [1.54, 1.807) is 13.8 Å². The summed E-state index contributed by atoms with van der Waals surface area (Å²) in [5.41, 5.74) is 2.17. The lowest BCUT2D eigenvalue weighted by atomic mass is 9.99. The molecule has 1 rings (SSSR count). The van der Waals surface area contributed by atoms with Crippen LogP contribution in [-0.2, 0) is 4.74 Å². The van der Waals surface area contributed by atoms with Crippen LogP contribution in [0.5, 0.6) is 0 Å². The maximum atomic E-state index is 12.4. The fourth-order valence-electron chi connectivity index (χ4n) is 2.94. The SMILES string of the molecule is CC/C(=C/NC)C/C(C(C)=N)=C(/N=C(\C)Cl)N1CCC(OC(F)(F)F)CC1. The largest absolute Gasteiger partial charge is 0.522 e. The summed E-state index contributed by atoms with van der Waals surface area (Å²) in [6, 6.07) is 0. The highest BCUT2D eigenvalue weighted by atomic mass is 35.5. The second-order valence-corrected chi connectivity index (χ2v) is 6.95. The Morgan fingerprint density at radius 2 is 1.93 bits per heavy atom. The van der Waals surface area contributed by atoms with Gasteiger partial charge in [-0.3, -0.25) is 4.74 Å². The van der Waals surface area contributed by atoms with Gasteiger partial charge in [0, 0.05) is 37.8 Å². The summed E-state index contributed by atoms with van der Waals surface area (Å²) in [6.45, 7) is 6.06. The third-order valence-corrected chi connectivity index (χ3v) is 4.32. The number of nitrogens with zero attached hydrogens (tertiary/aromatic N) is 2. The number of aliphatic imine (C=N–C) groups is 1. The van der Waals surface area contributed by atoms with Crippen molar-refractivity contribution in [3.05, 3.63) is 23.2 Å². The zero-order valence-electron chi connectivity index (χ0n) is 16.2. The standard InChI is InChI=1S/C18H28ClF3N4O/c1-5-14(11-24-4)10-16(12(2)23)17(25-13(3)19)26-8-6-15(7-9-26)27-18(20,21)22/h11,15,23-24H,5-10H2,1-4H3/b14-11-,17-16+,23-12?,25-13+. The lowest BCUT2D eigenvalue weighted by Crippen LogP contribution is -2.39. The molecule has 0 aromatic carbocycles. The second-order valence-electron chi connectivity index (χ2n) is 6.41. The molecule has 9 heteroatoms. The second kappa shape index (κ2) is 10.7. The number of likely N-dealkylation sites (tertiary alicyclic amines) is 1. The van der Waals surface area contributed by atoms with Crippen LogP contribution >= 0.6 is 11.6 Å². The van der Waals surface area contributed by atoms with Crippen molar-refractivity contribution in [3.63, 3.8) is 0 Å². The van der Waals surface area contributed by atoms with Crippen LogP contribution < -0.4 is 5.32 Å². The molecule has 0 atom stereocenters. The lowest BCUT2D eigenvalue weighted by Gasteiger charge is -2.35. The minimum atomic E-state index is -4.62. The molecule has 0 spiro atoms. The molecule has 0 aromatic heterocycles. The van der Waals surface area contributed by atoms with Crippen LogP contribution in [0.15, 0.2) is 28.2 Å². The van der Waals surface area contributed by atoms with Gasteiger partial charge in [-0.15, -0.1) is 13.2 Å². The molecule has 154 valence electrons. The van der Waals surface area contributed by atoms with Crippen LogP contribution in [0.2, 0.25) is 0 Å². The number of halogens is 4. The Kier molecular flexibility index (Phi) is 9.32. The zero-order chi connectivity index (χ0) is 20.6. The summed E-state index contributed by atoms with van der Waals surface area (Å²) in [4.78, 5) is 6.30. The molecule has 1 aliphatic heterocycles. The van der Waals surface area contributed by atoms with Crippen LogP contribution in [0, 0.1) is 5.41 Å². The summed E-state index contributed by atoms with van der Waals surface area (Å²) in [7, 11) is 1.81. The molecule has 1 heterocycles. The molecule has 0 amide bonds. The van der Waals surface area contributed by atoms with Gasteiger partial charge in [0.15, 0.2) is 0 Å². The first kappa shape index (κ1) is 23.5. The van der Waals surface area contributed by atoms with Crippen molar-refractivity contribution < 1.29 is 17.9 Å². The number of hydrogen-bond donors (Lipinski definition) is 2. The molecule has 0 bridgehead atoms. The van der Waals surface area contributed by atoms with Crippen LogP contribution in [0.3, 0.4) is 0 Å². The summed E-state index contributed by atoms with van der Waals surface area (Å²) >= 11 is 6.01. The predicted octanol–water partition coefficient (Wildman–Crippen LogP) is 4.80. The van der Waals surface area contributed by atoms with Gasteiger partial charge in [0.1, 0.15) is 11.0 Å². The number of nitrogens with one attached hydrogen (secondary N) is 2. The predicted molar refractivity (Wildman–Crippen MR) is 103 cm³/mol. The molecule has 0 aromatic rings. The Morgan fingerprint density at radius 1 is 1.33 bits per heavy atom. The van der Waals surface area contributed by atoms with E-state index in [2.05, 4.69) is 15.0 Å². The fraction of sp³-hybridized carbons (Fsp3) is 0.667. The highest BCUT2D eigenvalue weighted by Crippen LogP contribution is 2.29. The zero-order valence-corrected chi connectivity index (χ0v) is 17.0. The minimum Gasteiger partial charge on any atom is -0.394 e. The van der Waals surface area contributed by atoms with Crippen molar-refractivity contribution >= 4 is 22.5 Å². The molecule has 2 N–H and O–H groups in total. The molecule has 1 fully saturated rings. The van der Waals surface area contributed by atoms with Crippen LogP contribution in [-0.4, -0.2) is 48.4 Å². The van der Waals surface area contributed by atoms with Crippen molar-refractivity contribution in [3.8, 4) is 0 Å². The van der Waals surface area contributed by atoms with Crippen molar-refractivity contribution in [1.29, 1.82) is 5.41 Å². The Hall–Kier alpha value is -1.54. The van der Waals surface area contributed by atoms with E-state index in [1.165, 1.54) is 0 Å². The van der Waals surface area contributed by atoms with E-state index < -0.39 is 12.5 Å². The summed E-state index contributed by atoms with van der Waals surface area (Å²) < 4.78 is 41.4. The number of hydrogen-bond acceptors (Lipinski definition) is 5. The molecule has 0 aliphatic carbocycles. The van der Waals surface area contributed by atoms with E-state index in [9.17, 15) is 13.2 Å². The number of piperidine rings is 1. The summed E-state index contributed by atoms with van der Waals surface area (Å²) in [5.74, 6) is 0.552. The summed E-state index contributed by atoms with van der Waals surface area (Å²) in [6.07, 6.45) is -1.80. The van der Waals surface area contributed by atoms with E-state index in [0.717, 1.165) is 12.0 Å². The molecule has 0 radical (unpaired) electrons. The van der Waals surface area contributed by atoms with Gasteiger partial charge in [0.2, 0.25) is 0 Å². The van der Waals surface area contributed by atoms with Gasteiger partial charge in [-0.1, -0.05) is 24.1 Å². The molecule has 0 unspecified atom stereocenters. The number of ether oxygens (including phenoxy) is 1. The molecule has 27 heavy (non-hydrogen) atoms. The van der Waals surface area contributed by atoms with Crippen molar-refractivity contribution in [1.82, 2.24) is 10.2 Å². The smallest absolute Gasteiger partial charge is 0.394 e. The molecule has 1 aliphatic rings. The molecular formula is C18H28ClF3N4O. The summed E-state index contributed by atoms with van der Waals surface area (Å²) in [5, 5.41) is 11.5. The third-order valence-electron chi connectivity index (χ3n) is 4.23. The quantitative estimate of drug-likeness (QED) is 0.567. The van der Waals surface area contributed by atoms with Crippen LogP contribution in [0.25, 0.3) is 0 Å².